The highest BCUT2D eigenvalue weighted by molar-refractivity contribution is 5.79. The fourth-order valence-corrected chi connectivity index (χ4v) is 3.44. The Morgan fingerprint density at radius 2 is 1.90 bits per heavy atom. The summed E-state index contributed by atoms with van der Waals surface area (Å²) in [6.07, 6.45) is 3.70. The van der Waals surface area contributed by atoms with Crippen molar-refractivity contribution in [2.45, 2.75) is 44.8 Å². The summed E-state index contributed by atoms with van der Waals surface area (Å²) in [5, 5.41) is 10.4. The Bertz CT molecular complexity index is 469. The van der Waals surface area contributed by atoms with Crippen molar-refractivity contribution in [3.63, 3.8) is 0 Å². The highest BCUT2D eigenvalue weighted by Gasteiger charge is 2.40. The van der Waals surface area contributed by atoms with Gasteiger partial charge in [-0.3, -0.25) is 4.79 Å². The normalized spacial score (nSPS) is 26.4. The second-order valence-electron chi connectivity index (χ2n) is 6.28. The third-order valence-corrected chi connectivity index (χ3v) is 5.05. The molecule has 3 heteroatoms. The molecule has 1 N–H and O–H groups in total. The predicted molar refractivity (Wildman–Crippen MR) is 78.0 cm³/mol. The van der Waals surface area contributed by atoms with Crippen molar-refractivity contribution >= 4 is 5.91 Å². The minimum absolute atomic E-state index is 0.0993. The lowest BCUT2D eigenvalue weighted by Crippen LogP contribution is -2.35. The smallest absolute Gasteiger partial charge is 0.223 e. The highest BCUT2D eigenvalue weighted by atomic mass is 16.3. The van der Waals surface area contributed by atoms with Crippen molar-refractivity contribution in [1.82, 2.24) is 4.90 Å². The van der Waals surface area contributed by atoms with E-state index in [4.69, 9.17) is 0 Å². The first-order chi connectivity index (χ1) is 9.66. The quantitative estimate of drug-likeness (QED) is 0.916. The molecule has 1 heterocycles. The third kappa shape index (κ3) is 2.47. The number of benzene rings is 1. The zero-order valence-corrected chi connectivity index (χ0v) is 12.0. The van der Waals surface area contributed by atoms with Gasteiger partial charge in [0.25, 0.3) is 0 Å². The maximum atomic E-state index is 12.2. The van der Waals surface area contributed by atoms with E-state index in [0.717, 1.165) is 12.8 Å². The topological polar surface area (TPSA) is 40.5 Å². The Balaban J connectivity index is 1.67. The molecule has 3 nitrogen and oxygen atoms in total. The average Bonchev–Trinajstić information content (AvgIpc) is 2.79. The van der Waals surface area contributed by atoms with Crippen LogP contribution in [-0.4, -0.2) is 28.6 Å². The highest BCUT2D eigenvalue weighted by Crippen LogP contribution is 2.37. The monoisotopic (exact) mass is 273 g/mol. The van der Waals surface area contributed by atoms with Crippen molar-refractivity contribution in [2.24, 2.45) is 11.8 Å². The van der Waals surface area contributed by atoms with Gasteiger partial charge in [0, 0.05) is 18.9 Å². The van der Waals surface area contributed by atoms with Gasteiger partial charge in [-0.1, -0.05) is 36.8 Å². The molecular formula is C17H23NO2. The van der Waals surface area contributed by atoms with E-state index in [9.17, 15) is 9.90 Å². The van der Waals surface area contributed by atoms with Gasteiger partial charge in [0.15, 0.2) is 0 Å². The predicted octanol–water partition coefficient (Wildman–Crippen LogP) is 2.76. The van der Waals surface area contributed by atoms with Gasteiger partial charge in [-0.25, -0.2) is 0 Å². The van der Waals surface area contributed by atoms with E-state index < -0.39 is 0 Å². The van der Waals surface area contributed by atoms with Gasteiger partial charge < -0.3 is 10.0 Å². The Labute approximate surface area is 120 Å². The van der Waals surface area contributed by atoms with Crippen molar-refractivity contribution in [3.8, 4) is 0 Å². The van der Waals surface area contributed by atoms with Crippen molar-refractivity contribution in [1.29, 1.82) is 0 Å². The Morgan fingerprint density at radius 1 is 1.20 bits per heavy atom. The first kappa shape index (κ1) is 13.6. The molecular weight excluding hydrogens is 250 g/mol. The van der Waals surface area contributed by atoms with Crippen LogP contribution in [0.5, 0.6) is 0 Å². The van der Waals surface area contributed by atoms with Gasteiger partial charge in [-0.05, 0) is 31.2 Å². The molecule has 1 amide bonds. The van der Waals surface area contributed by atoms with Crippen molar-refractivity contribution in [3.05, 3.63) is 35.9 Å². The summed E-state index contributed by atoms with van der Waals surface area (Å²) in [6.45, 7) is 2.78. The Hall–Kier alpha value is -1.35. The largest absolute Gasteiger partial charge is 0.392 e. The summed E-state index contributed by atoms with van der Waals surface area (Å²) in [5.74, 6) is 0.739. The molecule has 3 rings (SSSR count). The fraction of sp³-hybridized carbons (Fsp3) is 0.588. The van der Waals surface area contributed by atoms with Crippen LogP contribution in [0.4, 0.5) is 0 Å². The maximum absolute atomic E-state index is 12.2. The SMILES string of the molecule is C[C@@H](c1ccccc1)N1C[C@H](C(O)C2CCC2)CC1=O. The number of hydrogen-bond acceptors (Lipinski definition) is 2. The van der Waals surface area contributed by atoms with E-state index >= 15 is 0 Å². The number of likely N-dealkylation sites (tertiary alicyclic amines) is 1. The van der Waals surface area contributed by atoms with Crippen LogP contribution in [-0.2, 0) is 4.79 Å². The van der Waals surface area contributed by atoms with E-state index in [1.54, 1.807) is 0 Å². The third-order valence-electron chi connectivity index (χ3n) is 5.05. The molecule has 1 aliphatic heterocycles. The van der Waals surface area contributed by atoms with Gasteiger partial charge in [-0.15, -0.1) is 0 Å². The van der Waals surface area contributed by atoms with Gasteiger partial charge in [-0.2, -0.15) is 0 Å². The number of aliphatic hydroxyl groups is 1. The molecule has 1 aromatic carbocycles. The Morgan fingerprint density at radius 3 is 2.50 bits per heavy atom. The van der Waals surface area contributed by atoms with Crippen LogP contribution < -0.4 is 0 Å². The van der Waals surface area contributed by atoms with E-state index in [-0.39, 0.29) is 24.0 Å². The second kappa shape index (κ2) is 5.57. The summed E-state index contributed by atoms with van der Waals surface area (Å²) in [4.78, 5) is 14.2. The summed E-state index contributed by atoms with van der Waals surface area (Å²) < 4.78 is 0. The molecule has 0 aromatic heterocycles. The van der Waals surface area contributed by atoms with Crippen molar-refractivity contribution < 1.29 is 9.90 Å². The molecule has 108 valence electrons. The summed E-state index contributed by atoms with van der Waals surface area (Å²) in [5.41, 5.74) is 1.17. The van der Waals surface area contributed by atoms with Gasteiger partial charge in [0.1, 0.15) is 0 Å². The maximum Gasteiger partial charge on any atom is 0.223 e. The molecule has 1 saturated heterocycles. The number of rotatable bonds is 4. The van der Waals surface area contributed by atoms with Gasteiger partial charge >= 0.3 is 0 Å². The molecule has 1 aliphatic carbocycles. The van der Waals surface area contributed by atoms with Gasteiger partial charge in [0.05, 0.1) is 12.1 Å². The van der Waals surface area contributed by atoms with Crippen LogP contribution in [0.15, 0.2) is 30.3 Å². The van der Waals surface area contributed by atoms with Crippen LogP contribution in [0.25, 0.3) is 0 Å². The molecule has 20 heavy (non-hydrogen) atoms. The molecule has 1 saturated carbocycles. The van der Waals surface area contributed by atoms with Crippen LogP contribution in [0.1, 0.15) is 44.2 Å². The molecule has 0 radical (unpaired) electrons. The van der Waals surface area contributed by atoms with E-state index in [1.807, 2.05) is 23.1 Å². The number of amides is 1. The number of nitrogens with zero attached hydrogens (tertiary/aromatic N) is 1. The molecule has 3 atom stereocenters. The van der Waals surface area contributed by atoms with E-state index in [0.29, 0.717) is 18.9 Å². The molecule has 2 fully saturated rings. The summed E-state index contributed by atoms with van der Waals surface area (Å²) in [6, 6.07) is 10.2. The second-order valence-corrected chi connectivity index (χ2v) is 6.28. The summed E-state index contributed by atoms with van der Waals surface area (Å²) in [7, 11) is 0. The van der Waals surface area contributed by atoms with Gasteiger partial charge in [0.2, 0.25) is 5.91 Å². The first-order valence-corrected chi connectivity index (χ1v) is 7.69. The number of carbonyl (C=O) groups is 1. The Kier molecular flexibility index (Phi) is 3.79. The minimum atomic E-state index is -0.291. The average molecular weight is 273 g/mol. The van der Waals surface area contributed by atoms with Crippen molar-refractivity contribution in [2.75, 3.05) is 6.54 Å². The van der Waals surface area contributed by atoms with Crippen LogP contribution in [0, 0.1) is 11.8 Å². The minimum Gasteiger partial charge on any atom is -0.392 e. The van der Waals surface area contributed by atoms with Crippen LogP contribution in [0.2, 0.25) is 0 Å². The lowest BCUT2D eigenvalue weighted by molar-refractivity contribution is -0.129. The fourth-order valence-electron chi connectivity index (χ4n) is 3.44. The van der Waals surface area contributed by atoms with Crippen LogP contribution in [0.3, 0.4) is 0 Å². The number of hydrogen-bond donors (Lipinski definition) is 1. The van der Waals surface area contributed by atoms with Crippen LogP contribution >= 0.6 is 0 Å². The standard InChI is InChI=1S/C17H23NO2/c1-12(13-6-3-2-4-7-13)18-11-15(10-16(18)19)17(20)14-8-5-9-14/h2-4,6-7,12,14-15,17,20H,5,8-11H2,1H3/t12-,15+,17?/m0/s1. The molecule has 1 unspecified atom stereocenters. The molecule has 0 bridgehead atoms. The lowest BCUT2D eigenvalue weighted by Gasteiger charge is -2.34. The lowest BCUT2D eigenvalue weighted by atomic mass is 9.76. The zero-order chi connectivity index (χ0) is 14.1. The summed E-state index contributed by atoms with van der Waals surface area (Å²) >= 11 is 0. The number of aliphatic hydroxyl groups excluding tert-OH is 1. The zero-order valence-electron chi connectivity index (χ0n) is 12.0. The van der Waals surface area contributed by atoms with E-state index in [2.05, 4.69) is 19.1 Å². The first-order valence-electron chi connectivity index (χ1n) is 7.69. The molecule has 2 aliphatic rings. The number of carbonyl (C=O) groups excluding carboxylic acids is 1. The molecule has 0 spiro atoms. The van der Waals surface area contributed by atoms with E-state index in [1.165, 1.54) is 12.0 Å². The molecule has 1 aromatic rings.